The maximum absolute atomic E-state index is 12.2. The van der Waals surface area contributed by atoms with Crippen molar-refractivity contribution in [3.8, 4) is 5.75 Å². The second kappa shape index (κ2) is 6.59. The van der Waals surface area contributed by atoms with Crippen molar-refractivity contribution in [2.24, 2.45) is 5.73 Å². The molecule has 1 aromatic rings. The number of benzene rings is 1. The summed E-state index contributed by atoms with van der Waals surface area (Å²) >= 11 is 3.44. The molecule has 1 aliphatic rings. The summed E-state index contributed by atoms with van der Waals surface area (Å²) < 4.78 is 6.72. The number of carbonyl (C=O) groups excluding carboxylic acids is 1. The van der Waals surface area contributed by atoms with Crippen LogP contribution in [-0.4, -0.2) is 30.0 Å². The normalized spacial score (nSPS) is 14.2. The Bertz CT molecular complexity index is 501. The van der Waals surface area contributed by atoms with E-state index < -0.39 is 0 Å². The molecule has 20 heavy (non-hydrogen) atoms. The number of halogens is 1. The zero-order chi connectivity index (χ0) is 14.7. The van der Waals surface area contributed by atoms with E-state index in [1.165, 1.54) is 0 Å². The first kappa shape index (κ1) is 15.3. The lowest BCUT2D eigenvalue weighted by atomic mass is 10.1. The summed E-state index contributed by atoms with van der Waals surface area (Å²) in [5.74, 6) is 0.788. The Balaban J connectivity index is 2.04. The maximum atomic E-state index is 12.2. The molecule has 0 aromatic heterocycles. The topological polar surface area (TPSA) is 55.6 Å². The maximum Gasteiger partial charge on any atom is 0.260 e. The van der Waals surface area contributed by atoms with Crippen LogP contribution >= 0.6 is 15.9 Å². The fourth-order valence-corrected chi connectivity index (χ4v) is 3.02. The highest BCUT2D eigenvalue weighted by Gasteiger charge is 2.31. The molecule has 0 saturated heterocycles. The van der Waals surface area contributed by atoms with E-state index in [-0.39, 0.29) is 12.5 Å². The summed E-state index contributed by atoms with van der Waals surface area (Å²) in [5.41, 5.74) is 7.65. The van der Waals surface area contributed by atoms with Crippen LogP contribution in [0.2, 0.25) is 0 Å². The Morgan fingerprint density at radius 1 is 1.50 bits per heavy atom. The van der Waals surface area contributed by atoms with Gasteiger partial charge in [0.25, 0.3) is 5.91 Å². The van der Waals surface area contributed by atoms with Gasteiger partial charge >= 0.3 is 0 Å². The number of nitrogens with two attached hydrogens (primary N) is 1. The molecule has 1 amide bonds. The largest absolute Gasteiger partial charge is 0.483 e. The van der Waals surface area contributed by atoms with E-state index in [4.69, 9.17) is 10.5 Å². The molecule has 1 aromatic carbocycles. The lowest BCUT2D eigenvalue weighted by Crippen LogP contribution is -2.36. The predicted octanol–water partition coefficient (Wildman–Crippen LogP) is 2.61. The molecule has 2 rings (SSSR count). The first-order valence-electron chi connectivity index (χ1n) is 6.98. The smallest absolute Gasteiger partial charge is 0.260 e. The number of rotatable bonds is 6. The highest BCUT2D eigenvalue weighted by Crippen LogP contribution is 2.29. The molecule has 2 N–H and O–H groups in total. The molecule has 0 heterocycles. The Kier molecular flexibility index (Phi) is 5.05. The lowest BCUT2D eigenvalue weighted by molar-refractivity contribution is -0.133. The average Bonchev–Trinajstić information content (AvgIpc) is 3.22. The number of amides is 1. The lowest BCUT2D eigenvalue weighted by Gasteiger charge is -2.21. The van der Waals surface area contributed by atoms with Gasteiger partial charge < -0.3 is 15.4 Å². The van der Waals surface area contributed by atoms with Gasteiger partial charge in [0.15, 0.2) is 6.61 Å². The van der Waals surface area contributed by atoms with Gasteiger partial charge in [-0.1, -0.05) is 15.9 Å². The quantitative estimate of drug-likeness (QED) is 0.865. The van der Waals surface area contributed by atoms with E-state index in [2.05, 4.69) is 15.9 Å². The van der Waals surface area contributed by atoms with Gasteiger partial charge in [-0.2, -0.15) is 0 Å². The zero-order valence-corrected chi connectivity index (χ0v) is 13.6. The van der Waals surface area contributed by atoms with E-state index in [1.807, 2.05) is 30.9 Å². The fourth-order valence-electron chi connectivity index (χ4n) is 2.40. The van der Waals surface area contributed by atoms with Crippen molar-refractivity contribution in [2.75, 3.05) is 13.2 Å². The highest BCUT2D eigenvalue weighted by molar-refractivity contribution is 9.10. The molecule has 0 spiro atoms. The number of hydrogen-bond acceptors (Lipinski definition) is 3. The first-order chi connectivity index (χ1) is 9.56. The molecule has 1 fully saturated rings. The van der Waals surface area contributed by atoms with Crippen molar-refractivity contribution in [1.82, 2.24) is 4.90 Å². The van der Waals surface area contributed by atoms with Gasteiger partial charge in [0.2, 0.25) is 0 Å². The molecule has 110 valence electrons. The van der Waals surface area contributed by atoms with E-state index >= 15 is 0 Å². The van der Waals surface area contributed by atoms with Gasteiger partial charge in [-0.05, 0) is 44.4 Å². The van der Waals surface area contributed by atoms with Crippen LogP contribution in [0.4, 0.5) is 0 Å². The molecule has 5 heteroatoms. The minimum absolute atomic E-state index is 0.0558. The minimum atomic E-state index is 0.0558. The molecule has 0 atom stereocenters. The van der Waals surface area contributed by atoms with Crippen molar-refractivity contribution in [2.45, 2.75) is 39.3 Å². The van der Waals surface area contributed by atoms with Crippen LogP contribution in [0.1, 0.15) is 30.9 Å². The van der Waals surface area contributed by atoms with Gasteiger partial charge in [0, 0.05) is 29.2 Å². The Hall–Kier alpha value is -1.07. The van der Waals surface area contributed by atoms with Crippen molar-refractivity contribution in [3.05, 3.63) is 27.7 Å². The SMILES string of the molecule is CCN(C(=O)COc1c(C)cc(Br)cc1CN)C1CC1. The molecule has 1 aliphatic carbocycles. The van der Waals surface area contributed by atoms with Crippen LogP contribution in [0.3, 0.4) is 0 Å². The van der Waals surface area contributed by atoms with Crippen LogP contribution < -0.4 is 10.5 Å². The fraction of sp³-hybridized carbons (Fsp3) is 0.533. The molecule has 0 unspecified atom stereocenters. The summed E-state index contributed by atoms with van der Waals surface area (Å²) in [5, 5.41) is 0. The molecule has 0 bridgehead atoms. The number of ether oxygens (including phenoxy) is 1. The third kappa shape index (κ3) is 3.52. The van der Waals surface area contributed by atoms with Gasteiger partial charge in [0.05, 0.1) is 0 Å². The van der Waals surface area contributed by atoms with Crippen LogP contribution in [0.15, 0.2) is 16.6 Å². The van der Waals surface area contributed by atoms with Crippen molar-refractivity contribution in [3.63, 3.8) is 0 Å². The van der Waals surface area contributed by atoms with E-state index in [0.29, 0.717) is 12.6 Å². The minimum Gasteiger partial charge on any atom is -0.483 e. The standard InChI is InChI=1S/C15H21BrN2O2/c1-3-18(13-4-5-13)14(19)9-20-15-10(2)6-12(16)7-11(15)8-17/h6-7,13H,3-5,8-9,17H2,1-2H3. The number of aryl methyl sites for hydroxylation is 1. The van der Waals surface area contributed by atoms with Crippen LogP contribution in [0.25, 0.3) is 0 Å². The predicted molar refractivity (Wildman–Crippen MR) is 82.7 cm³/mol. The molecule has 1 saturated carbocycles. The summed E-state index contributed by atoms with van der Waals surface area (Å²) in [6.07, 6.45) is 2.23. The van der Waals surface area contributed by atoms with E-state index in [1.54, 1.807) is 0 Å². The summed E-state index contributed by atoms with van der Waals surface area (Å²) in [6, 6.07) is 4.33. The monoisotopic (exact) mass is 340 g/mol. The Morgan fingerprint density at radius 3 is 2.75 bits per heavy atom. The summed E-state index contributed by atoms with van der Waals surface area (Å²) in [6.45, 7) is 5.19. The van der Waals surface area contributed by atoms with Crippen LogP contribution in [0.5, 0.6) is 5.75 Å². The third-order valence-electron chi connectivity index (χ3n) is 3.52. The highest BCUT2D eigenvalue weighted by atomic mass is 79.9. The van der Waals surface area contributed by atoms with Gasteiger partial charge in [-0.25, -0.2) is 0 Å². The van der Waals surface area contributed by atoms with E-state index in [0.717, 1.165) is 40.7 Å². The molecular formula is C15H21BrN2O2. The van der Waals surface area contributed by atoms with Crippen molar-refractivity contribution >= 4 is 21.8 Å². The molecule has 4 nitrogen and oxygen atoms in total. The number of hydrogen-bond donors (Lipinski definition) is 1. The number of likely N-dealkylation sites (N-methyl/N-ethyl adjacent to an activating group) is 1. The van der Waals surface area contributed by atoms with Crippen LogP contribution in [-0.2, 0) is 11.3 Å². The molecular weight excluding hydrogens is 320 g/mol. The zero-order valence-electron chi connectivity index (χ0n) is 12.0. The number of carbonyl (C=O) groups is 1. The number of nitrogens with zero attached hydrogens (tertiary/aromatic N) is 1. The summed E-state index contributed by atoms with van der Waals surface area (Å²) in [7, 11) is 0. The van der Waals surface area contributed by atoms with Crippen molar-refractivity contribution in [1.29, 1.82) is 0 Å². The third-order valence-corrected chi connectivity index (χ3v) is 3.98. The van der Waals surface area contributed by atoms with Gasteiger partial charge in [-0.3, -0.25) is 4.79 Å². The summed E-state index contributed by atoms with van der Waals surface area (Å²) in [4.78, 5) is 14.1. The second-order valence-corrected chi connectivity index (χ2v) is 6.03. The van der Waals surface area contributed by atoms with Gasteiger partial charge in [0.1, 0.15) is 5.75 Å². The molecule has 0 aliphatic heterocycles. The van der Waals surface area contributed by atoms with E-state index in [9.17, 15) is 4.79 Å². The van der Waals surface area contributed by atoms with Crippen molar-refractivity contribution < 1.29 is 9.53 Å². The first-order valence-corrected chi connectivity index (χ1v) is 7.77. The Morgan fingerprint density at radius 2 is 2.20 bits per heavy atom. The van der Waals surface area contributed by atoms with Crippen LogP contribution in [0, 0.1) is 6.92 Å². The average molecular weight is 341 g/mol. The Labute approximate surface area is 128 Å². The second-order valence-electron chi connectivity index (χ2n) is 5.11. The van der Waals surface area contributed by atoms with Gasteiger partial charge in [-0.15, -0.1) is 0 Å². The molecule has 0 radical (unpaired) electrons.